The number of hydrogen-bond acceptors (Lipinski definition) is 2. The summed E-state index contributed by atoms with van der Waals surface area (Å²) >= 11 is 0. The fraction of sp³-hybridized carbons (Fsp3) is 0.133. The Bertz CT molecular complexity index is 567. The van der Waals surface area contributed by atoms with Crippen LogP contribution in [0.4, 0.5) is 8.78 Å². The van der Waals surface area contributed by atoms with Crippen molar-refractivity contribution in [1.29, 1.82) is 0 Å². The number of halogens is 2. The minimum atomic E-state index is -0.782. The number of para-hydroxylation sites is 1. The molecular formula is C15H13F2NO2. The summed E-state index contributed by atoms with van der Waals surface area (Å²) in [6, 6.07) is 11.8. The summed E-state index contributed by atoms with van der Waals surface area (Å²) in [4.78, 5) is 11.7. The molecule has 104 valence electrons. The van der Waals surface area contributed by atoms with Gasteiger partial charge in [0.15, 0.2) is 0 Å². The van der Waals surface area contributed by atoms with E-state index in [0.29, 0.717) is 5.75 Å². The number of benzene rings is 2. The van der Waals surface area contributed by atoms with E-state index in [0.717, 1.165) is 18.2 Å². The lowest BCUT2D eigenvalue weighted by Gasteiger charge is -2.07. The maximum absolute atomic E-state index is 13.0. The molecule has 3 nitrogen and oxygen atoms in total. The van der Waals surface area contributed by atoms with Crippen molar-refractivity contribution in [3.8, 4) is 5.75 Å². The van der Waals surface area contributed by atoms with Crippen molar-refractivity contribution in [3.05, 3.63) is 65.7 Å². The molecule has 20 heavy (non-hydrogen) atoms. The van der Waals surface area contributed by atoms with Gasteiger partial charge in [0, 0.05) is 11.6 Å². The summed E-state index contributed by atoms with van der Waals surface area (Å²) in [5, 5.41) is 2.53. The second-order valence-corrected chi connectivity index (χ2v) is 4.08. The van der Waals surface area contributed by atoms with Crippen LogP contribution < -0.4 is 10.1 Å². The Morgan fingerprint density at radius 2 is 1.70 bits per heavy atom. The lowest BCUT2D eigenvalue weighted by molar-refractivity contribution is 0.0946. The first-order valence-corrected chi connectivity index (χ1v) is 6.07. The minimum Gasteiger partial charge on any atom is -0.492 e. The van der Waals surface area contributed by atoms with Gasteiger partial charge in [0.25, 0.3) is 5.91 Å². The van der Waals surface area contributed by atoms with Crippen molar-refractivity contribution in [2.24, 2.45) is 0 Å². The van der Waals surface area contributed by atoms with E-state index in [2.05, 4.69) is 5.32 Å². The molecule has 0 radical (unpaired) electrons. The number of hydrogen-bond donors (Lipinski definition) is 1. The lowest BCUT2D eigenvalue weighted by atomic mass is 10.2. The predicted molar refractivity (Wildman–Crippen MR) is 70.6 cm³/mol. The lowest BCUT2D eigenvalue weighted by Crippen LogP contribution is -2.28. The average molecular weight is 277 g/mol. The van der Waals surface area contributed by atoms with Gasteiger partial charge < -0.3 is 10.1 Å². The highest BCUT2D eigenvalue weighted by Gasteiger charge is 2.08. The number of amides is 1. The zero-order valence-corrected chi connectivity index (χ0v) is 10.6. The van der Waals surface area contributed by atoms with E-state index in [1.54, 1.807) is 12.1 Å². The molecule has 0 aromatic heterocycles. The molecule has 0 spiro atoms. The van der Waals surface area contributed by atoms with Crippen LogP contribution in [0.25, 0.3) is 0 Å². The van der Waals surface area contributed by atoms with Crippen molar-refractivity contribution < 1.29 is 18.3 Å². The summed E-state index contributed by atoms with van der Waals surface area (Å²) in [6.07, 6.45) is 0. The topological polar surface area (TPSA) is 38.3 Å². The average Bonchev–Trinajstić information content (AvgIpc) is 2.43. The number of ether oxygens (including phenoxy) is 1. The van der Waals surface area contributed by atoms with E-state index in [9.17, 15) is 13.6 Å². The van der Waals surface area contributed by atoms with Crippen LogP contribution in [-0.2, 0) is 0 Å². The van der Waals surface area contributed by atoms with E-state index in [4.69, 9.17) is 4.74 Å². The Kier molecular flexibility index (Phi) is 4.65. The molecule has 5 heteroatoms. The standard InChI is InChI=1S/C15H13F2NO2/c16-12-8-11(9-13(17)10-12)15(19)18-6-7-20-14-4-2-1-3-5-14/h1-5,8-10H,6-7H2,(H,18,19). The molecule has 1 amide bonds. The maximum atomic E-state index is 13.0. The smallest absolute Gasteiger partial charge is 0.251 e. The van der Waals surface area contributed by atoms with Gasteiger partial charge in [0.1, 0.15) is 24.0 Å². The Morgan fingerprint density at radius 1 is 1.05 bits per heavy atom. The first kappa shape index (κ1) is 14.0. The maximum Gasteiger partial charge on any atom is 0.251 e. The van der Waals surface area contributed by atoms with Crippen molar-refractivity contribution in [2.45, 2.75) is 0 Å². The summed E-state index contributed by atoms with van der Waals surface area (Å²) in [7, 11) is 0. The summed E-state index contributed by atoms with van der Waals surface area (Å²) in [5.41, 5.74) is -0.0535. The van der Waals surface area contributed by atoms with Crippen molar-refractivity contribution in [1.82, 2.24) is 5.32 Å². The van der Waals surface area contributed by atoms with Gasteiger partial charge in [-0.1, -0.05) is 18.2 Å². The number of rotatable bonds is 5. The quantitative estimate of drug-likeness (QED) is 0.853. The van der Waals surface area contributed by atoms with Crippen LogP contribution in [0, 0.1) is 11.6 Å². The highest BCUT2D eigenvalue weighted by molar-refractivity contribution is 5.94. The highest BCUT2D eigenvalue weighted by atomic mass is 19.1. The Labute approximate surface area is 115 Å². The second-order valence-electron chi connectivity index (χ2n) is 4.08. The molecule has 2 aromatic carbocycles. The van der Waals surface area contributed by atoms with Crippen molar-refractivity contribution in [2.75, 3.05) is 13.2 Å². The molecular weight excluding hydrogens is 264 g/mol. The molecule has 2 rings (SSSR count). The molecule has 0 aliphatic carbocycles. The first-order valence-electron chi connectivity index (χ1n) is 6.07. The predicted octanol–water partition coefficient (Wildman–Crippen LogP) is 2.77. The zero-order valence-electron chi connectivity index (χ0n) is 10.6. The zero-order chi connectivity index (χ0) is 14.4. The molecule has 0 fully saturated rings. The van der Waals surface area contributed by atoms with Gasteiger partial charge in [-0.25, -0.2) is 8.78 Å². The number of carbonyl (C=O) groups is 1. The van der Waals surface area contributed by atoms with Gasteiger partial charge >= 0.3 is 0 Å². The van der Waals surface area contributed by atoms with Gasteiger partial charge in [0.2, 0.25) is 0 Å². The van der Waals surface area contributed by atoms with Crippen LogP contribution in [0.15, 0.2) is 48.5 Å². The third kappa shape index (κ3) is 4.05. The highest BCUT2D eigenvalue weighted by Crippen LogP contribution is 2.08. The van der Waals surface area contributed by atoms with E-state index in [1.165, 1.54) is 0 Å². The largest absolute Gasteiger partial charge is 0.492 e. The molecule has 0 unspecified atom stereocenters. The van der Waals surface area contributed by atoms with E-state index >= 15 is 0 Å². The van der Waals surface area contributed by atoms with Gasteiger partial charge in [-0.15, -0.1) is 0 Å². The molecule has 2 aromatic rings. The van der Waals surface area contributed by atoms with Crippen LogP contribution in [-0.4, -0.2) is 19.1 Å². The Balaban J connectivity index is 1.80. The summed E-state index contributed by atoms with van der Waals surface area (Å²) in [6.45, 7) is 0.513. The van der Waals surface area contributed by atoms with Crippen molar-refractivity contribution in [3.63, 3.8) is 0 Å². The van der Waals surface area contributed by atoms with Gasteiger partial charge in [-0.3, -0.25) is 4.79 Å². The van der Waals surface area contributed by atoms with Crippen LogP contribution in [0.5, 0.6) is 5.75 Å². The van der Waals surface area contributed by atoms with Gasteiger partial charge in [0.05, 0.1) is 6.54 Å². The molecule has 0 bridgehead atoms. The molecule has 0 atom stereocenters. The fourth-order valence-corrected chi connectivity index (χ4v) is 1.64. The number of nitrogens with one attached hydrogen (secondary N) is 1. The molecule has 0 aliphatic heterocycles. The molecule has 0 saturated carbocycles. The molecule has 1 N–H and O–H groups in total. The summed E-state index contributed by atoms with van der Waals surface area (Å²) in [5.74, 6) is -1.41. The molecule has 0 heterocycles. The third-order valence-corrected chi connectivity index (χ3v) is 2.52. The molecule has 0 aliphatic rings. The van der Waals surface area contributed by atoms with E-state index < -0.39 is 17.5 Å². The van der Waals surface area contributed by atoms with Crippen molar-refractivity contribution >= 4 is 5.91 Å². The fourth-order valence-electron chi connectivity index (χ4n) is 1.64. The second kappa shape index (κ2) is 6.65. The Hall–Kier alpha value is -2.43. The van der Waals surface area contributed by atoms with Crippen LogP contribution in [0.3, 0.4) is 0 Å². The van der Waals surface area contributed by atoms with E-state index in [1.807, 2.05) is 18.2 Å². The number of carbonyl (C=O) groups excluding carboxylic acids is 1. The van der Waals surface area contributed by atoms with Gasteiger partial charge in [-0.2, -0.15) is 0 Å². The SMILES string of the molecule is O=C(NCCOc1ccccc1)c1cc(F)cc(F)c1. The Morgan fingerprint density at radius 3 is 2.35 bits per heavy atom. The normalized spacial score (nSPS) is 10.1. The van der Waals surface area contributed by atoms with Gasteiger partial charge in [-0.05, 0) is 24.3 Å². The summed E-state index contributed by atoms with van der Waals surface area (Å²) < 4.78 is 31.3. The van der Waals surface area contributed by atoms with Crippen LogP contribution >= 0.6 is 0 Å². The van der Waals surface area contributed by atoms with Crippen LogP contribution in [0.2, 0.25) is 0 Å². The van der Waals surface area contributed by atoms with Crippen LogP contribution in [0.1, 0.15) is 10.4 Å². The third-order valence-electron chi connectivity index (χ3n) is 2.52. The monoisotopic (exact) mass is 277 g/mol. The molecule has 0 saturated heterocycles. The first-order chi connectivity index (χ1) is 9.65. The van der Waals surface area contributed by atoms with E-state index in [-0.39, 0.29) is 18.7 Å². The minimum absolute atomic E-state index is 0.0535.